The Labute approximate surface area is 123 Å². The fraction of sp³-hybridized carbons (Fsp3) is 0.571. The van der Waals surface area contributed by atoms with E-state index in [4.69, 9.17) is 9.72 Å². The minimum Gasteiger partial charge on any atom is -0.383 e. The lowest BCUT2D eigenvalue weighted by atomic mass is 10.2. The van der Waals surface area contributed by atoms with Crippen molar-refractivity contribution in [3.05, 3.63) is 33.8 Å². The molecule has 1 aliphatic carbocycles. The monoisotopic (exact) mass is 292 g/mol. The van der Waals surface area contributed by atoms with Gasteiger partial charge in [-0.2, -0.15) is 0 Å². The first-order valence-corrected chi connectivity index (χ1v) is 7.78. The number of thiazole rings is 1. The summed E-state index contributed by atoms with van der Waals surface area (Å²) in [6.07, 6.45) is 7.31. The van der Waals surface area contributed by atoms with E-state index in [-0.39, 0.29) is 6.04 Å². The SMILES string of the molecule is COCCNC(c1nc2c(s1)CCC2)c1cncn1C. The maximum absolute atomic E-state index is 5.14. The molecule has 0 aromatic carbocycles. The summed E-state index contributed by atoms with van der Waals surface area (Å²) in [7, 11) is 3.74. The number of methoxy groups -OCH3 is 1. The van der Waals surface area contributed by atoms with Gasteiger partial charge in [0.05, 0.1) is 30.5 Å². The van der Waals surface area contributed by atoms with E-state index in [9.17, 15) is 0 Å². The van der Waals surface area contributed by atoms with Gasteiger partial charge in [0.1, 0.15) is 11.0 Å². The Morgan fingerprint density at radius 2 is 2.40 bits per heavy atom. The van der Waals surface area contributed by atoms with Crippen LogP contribution in [-0.4, -0.2) is 34.8 Å². The van der Waals surface area contributed by atoms with Crippen LogP contribution >= 0.6 is 11.3 Å². The minimum atomic E-state index is 0.105. The molecule has 20 heavy (non-hydrogen) atoms. The van der Waals surface area contributed by atoms with Crippen LogP contribution in [0.15, 0.2) is 12.5 Å². The summed E-state index contributed by atoms with van der Waals surface area (Å²) in [6, 6.07) is 0.105. The van der Waals surface area contributed by atoms with Gasteiger partial charge in [0.15, 0.2) is 0 Å². The summed E-state index contributed by atoms with van der Waals surface area (Å²) in [5, 5.41) is 4.68. The van der Waals surface area contributed by atoms with Crippen LogP contribution in [0.1, 0.15) is 33.7 Å². The largest absolute Gasteiger partial charge is 0.383 e. The van der Waals surface area contributed by atoms with Gasteiger partial charge in [0.25, 0.3) is 0 Å². The molecule has 0 saturated heterocycles. The first-order valence-electron chi connectivity index (χ1n) is 6.96. The normalized spacial score (nSPS) is 15.5. The number of aryl methyl sites for hydroxylation is 3. The molecule has 1 atom stereocenters. The molecule has 6 heteroatoms. The second-order valence-electron chi connectivity index (χ2n) is 5.08. The van der Waals surface area contributed by atoms with Crippen LogP contribution in [0.25, 0.3) is 0 Å². The molecule has 2 heterocycles. The molecule has 0 bridgehead atoms. The predicted molar refractivity (Wildman–Crippen MR) is 79.1 cm³/mol. The van der Waals surface area contributed by atoms with Gasteiger partial charge in [-0.3, -0.25) is 0 Å². The van der Waals surface area contributed by atoms with E-state index in [2.05, 4.69) is 14.9 Å². The van der Waals surface area contributed by atoms with Gasteiger partial charge in [-0.05, 0) is 19.3 Å². The highest BCUT2D eigenvalue weighted by Crippen LogP contribution is 2.32. The second kappa shape index (κ2) is 6.03. The number of hydrogen-bond donors (Lipinski definition) is 1. The smallest absolute Gasteiger partial charge is 0.116 e. The highest BCUT2D eigenvalue weighted by atomic mass is 32.1. The molecule has 1 N–H and O–H groups in total. The van der Waals surface area contributed by atoms with E-state index in [1.54, 1.807) is 7.11 Å². The molecule has 0 saturated carbocycles. The highest BCUT2D eigenvalue weighted by Gasteiger charge is 2.24. The van der Waals surface area contributed by atoms with Gasteiger partial charge in [-0.25, -0.2) is 9.97 Å². The average molecular weight is 292 g/mol. The quantitative estimate of drug-likeness (QED) is 0.823. The molecule has 3 rings (SSSR count). The van der Waals surface area contributed by atoms with Crippen LogP contribution < -0.4 is 5.32 Å². The Kier molecular flexibility index (Phi) is 4.14. The lowest BCUT2D eigenvalue weighted by molar-refractivity contribution is 0.197. The summed E-state index contributed by atoms with van der Waals surface area (Å²) in [4.78, 5) is 10.5. The minimum absolute atomic E-state index is 0.105. The average Bonchev–Trinajstić information content (AvgIpc) is 3.10. The molecule has 0 spiro atoms. The van der Waals surface area contributed by atoms with Crippen molar-refractivity contribution in [2.75, 3.05) is 20.3 Å². The summed E-state index contributed by atoms with van der Waals surface area (Å²) in [5.41, 5.74) is 2.44. The topological polar surface area (TPSA) is 52.0 Å². The lowest BCUT2D eigenvalue weighted by Gasteiger charge is -2.17. The molecule has 0 amide bonds. The summed E-state index contributed by atoms with van der Waals surface area (Å²) >= 11 is 1.84. The Balaban J connectivity index is 1.86. The summed E-state index contributed by atoms with van der Waals surface area (Å²) in [5.74, 6) is 0. The van der Waals surface area contributed by atoms with E-state index < -0.39 is 0 Å². The fourth-order valence-electron chi connectivity index (χ4n) is 2.60. The standard InChI is InChI=1S/C14H20N4OS/c1-18-9-15-8-11(18)13(16-6-7-19-2)14-17-10-4-3-5-12(10)20-14/h8-9,13,16H,3-7H2,1-2H3. The van der Waals surface area contributed by atoms with Crippen molar-refractivity contribution in [1.82, 2.24) is 19.9 Å². The van der Waals surface area contributed by atoms with Crippen LogP contribution in [0.4, 0.5) is 0 Å². The molecule has 108 valence electrons. The van der Waals surface area contributed by atoms with E-state index in [1.807, 2.05) is 30.9 Å². The number of nitrogens with one attached hydrogen (secondary N) is 1. The summed E-state index contributed by atoms with van der Waals surface area (Å²) in [6.45, 7) is 1.50. The number of imidazole rings is 1. The molecule has 2 aromatic rings. The molecule has 1 unspecified atom stereocenters. The van der Waals surface area contributed by atoms with Crippen LogP contribution in [-0.2, 0) is 24.6 Å². The predicted octanol–water partition coefficient (Wildman–Crippen LogP) is 1.69. The number of nitrogens with zero attached hydrogens (tertiary/aromatic N) is 3. The van der Waals surface area contributed by atoms with Crippen LogP contribution in [0.3, 0.4) is 0 Å². The van der Waals surface area contributed by atoms with Crippen LogP contribution in [0, 0.1) is 0 Å². The van der Waals surface area contributed by atoms with Crippen molar-refractivity contribution in [3.8, 4) is 0 Å². The van der Waals surface area contributed by atoms with Crippen molar-refractivity contribution in [2.45, 2.75) is 25.3 Å². The first kappa shape index (κ1) is 13.7. The number of rotatable bonds is 6. The summed E-state index contributed by atoms with van der Waals surface area (Å²) < 4.78 is 7.19. The Morgan fingerprint density at radius 3 is 3.10 bits per heavy atom. The zero-order valence-corrected chi connectivity index (χ0v) is 12.7. The van der Waals surface area contributed by atoms with Crippen LogP contribution in [0.2, 0.25) is 0 Å². The van der Waals surface area contributed by atoms with Gasteiger partial charge in [0, 0.05) is 25.6 Å². The van der Waals surface area contributed by atoms with Gasteiger partial charge in [-0.15, -0.1) is 11.3 Å². The molecule has 0 aliphatic heterocycles. The van der Waals surface area contributed by atoms with Crippen molar-refractivity contribution < 1.29 is 4.74 Å². The zero-order chi connectivity index (χ0) is 13.9. The number of hydrogen-bond acceptors (Lipinski definition) is 5. The van der Waals surface area contributed by atoms with E-state index in [1.165, 1.54) is 23.4 Å². The molecular formula is C14H20N4OS. The maximum atomic E-state index is 5.14. The Morgan fingerprint density at radius 1 is 1.50 bits per heavy atom. The second-order valence-corrected chi connectivity index (χ2v) is 6.20. The van der Waals surface area contributed by atoms with E-state index in [0.29, 0.717) is 6.61 Å². The molecule has 0 fully saturated rings. The molecule has 1 aliphatic rings. The van der Waals surface area contributed by atoms with Crippen molar-refractivity contribution in [3.63, 3.8) is 0 Å². The first-order chi connectivity index (χ1) is 9.79. The third-order valence-electron chi connectivity index (χ3n) is 3.66. The van der Waals surface area contributed by atoms with E-state index >= 15 is 0 Å². The molecule has 5 nitrogen and oxygen atoms in total. The highest BCUT2D eigenvalue weighted by molar-refractivity contribution is 7.11. The van der Waals surface area contributed by atoms with Crippen LogP contribution in [0.5, 0.6) is 0 Å². The van der Waals surface area contributed by atoms with E-state index in [0.717, 1.165) is 23.7 Å². The maximum Gasteiger partial charge on any atom is 0.116 e. The third kappa shape index (κ3) is 2.63. The lowest BCUT2D eigenvalue weighted by Crippen LogP contribution is -2.27. The van der Waals surface area contributed by atoms with Gasteiger partial charge in [-0.1, -0.05) is 0 Å². The molecular weight excluding hydrogens is 272 g/mol. The Hall–Kier alpha value is -1.24. The zero-order valence-electron chi connectivity index (χ0n) is 11.9. The number of aromatic nitrogens is 3. The van der Waals surface area contributed by atoms with Crippen molar-refractivity contribution >= 4 is 11.3 Å². The molecule has 0 radical (unpaired) electrons. The Bertz CT molecular complexity index is 556. The fourth-order valence-corrected chi connectivity index (χ4v) is 3.85. The number of fused-ring (bicyclic) bond motifs is 1. The van der Waals surface area contributed by atoms with Gasteiger partial charge in [0.2, 0.25) is 0 Å². The van der Waals surface area contributed by atoms with Crippen molar-refractivity contribution in [2.24, 2.45) is 7.05 Å². The molecule has 2 aromatic heterocycles. The number of ether oxygens (including phenoxy) is 1. The third-order valence-corrected chi connectivity index (χ3v) is 4.89. The van der Waals surface area contributed by atoms with Crippen molar-refractivity contribution in [1.29, 1.82) is 0 Å². The van der Waals surface area contributed by atoms with Gasteiger partial charge >= 0.3 is 0 Å². The van der Waals surface area contributed by atoms with Gasteiger partial charge < -0.3 is 14.6 Å².